The molecule has 6 heteroatoms. The van der Waals surface area contributed by atoms with Crippen molar-refractivity contribution in [3.05, 3.63) is 77.7 Å². The number of rotatable bonds is 3. The molecule has 5 rings (SSSR count). The van der Waals surface area contributed by atoms with E-state index < -0.39 is 15.1 Å². The number of carbonyl (C=O) groups excluding carboxylic acids is 1. The van der Waals surface area contributed by atoms with Crippen molar-refractivity contribution in [3.8, 4) is 11.1 Å². The first-order chi connectivity index (χ1) is 13.9. The Balaban J connectivity index is 1.44. The summed E-state index contributed by atoms with van der Waals surface area (Å²) < 4.78 is 31.3. The molecule has 2 aliphatic heterocycles. The van der Waals surface area contributed by atoms with Crippen LogP contribution in [-0.4, -0.2) is 37.6 Å². The third-order valence-corrected chi connectivity index (χ3v) is 8.45. The Labute approximate surface area is 169 Å². The van der Waals surface area contributed by atoms with Gasteiger partial charge in [0.05, 0.1) is 29.1 Å². The number of likely N-dealkylation sites (tertiary alicyclic amines) is 1. The largest absolute Gasteiger partial charge is 0.472 e. The summed E-state index contributed by atoms with van der Waals surface area (Å²) in [4.78, 5) is 15.0. The van der Waals surface area contributed by atoms with Crippen LogP contribution in [0.5, 0.6) is 0 Å². The second-order valence-corrected chi connectivity index (χ2v) is 9.99. The quantitative estimate of drug-likeness (QED) is 0.666. The number of sulfone groups is 1. The second kappa shape index (κ2) is 6.59. The van der Waals surface area contributed by atoms with Crippen LogP contribution in [0.3, 0.4) is 0 Å². The lowest BCUT2D eigenvalue weighted by atomic mass is 9.95. The molecule has 0 saturated carbocycles. The Morgan fingerprint density at radius 2 is 1.93 bits per heavy atom. The van der Waals surface area contributed by atoms with Gasteiger partial charge in [-0.15, -0.1) is 0 Å². The van der Waals surface area contributed by atoms with E-state index in [1.54, 1.807) is 23.5 Å². The van der Waals surface area contributed by atoms with Crippen LogP contribution < -0.4 is 0 Å². The molecule has 0 bridgehead atoms. The Bertz CT molecular complexity index is 1200. The van der Waals surface area contributed by atoms with E-state index in [1.165, 1.54) is 0 Å². The van der Waals surface area contributed by atoms with Crippen LogP contribution in [0.15, 0.2) is 70.4 Å². The standard InChI is InChI=1S/C23H21NO4S/c1-15-4-2-3-5-16(15)11-23(25)24-12-20-19-10-17(18-8-9-28-14-18)6-7-21(19)29(26,27)22(20)13-24/h2-10,14,20,22H,11-13H2,1H3/t20-,22-/m1/s1. The van der Waals surface area contributed by atoms with E-state index in [0.29, 0.717) is 17.9 Å². The summed E-state index contributed by atoms with van der Waals surface area (Å²) in [7, 11) is -3.43. The smallest absolute Gasteiger partial charge is 0.227 e. The number of hydrogen-bond acceptors (Lipinski definition) is 4. The zero-order chi connectivity index (χ0) is 20.2. The minimum Gasteiger partial charge on any atom is -0.472 e. The molecular formula is C23H21NO4S. The van der Waals surface area contributed by atoms with E-state index in [0.717, 1.165) is 27.8 Å². The first kappa shape index (κ1) is 18.2. The fraction of sp³-hybridized carbons (Fsp3) is 0.261. The van der Waals surface area contributed by atoms with E-state index in [-0.39, 0.29) is 18.4 Å². The number of hydrogen-bond donors (Lipinski definition) is 0. The first-order valence-corrected chi connectivity index (χ1v) is 11.2. The van der Waals surface area contributed by atoms with Crippen LogP contribution in [0.4, 0.5) is 0 Å². The van der Waals surface area contributed by atoms with Gasteiger partial charge in [0.15, 0.2) is 9.84 Å². The van der Waals surface area contributed by atoms with E-state index in [2.05, 4.69) is 0 Å². The van der Waals surface area contributed by atoms with Gasteiger partial charge in [0.25, 0.3) is 0 Å². The SMILES string of the molecule is Cc1ccccc1CC(=O)N1C[C@@H]2c3cc(-c4ccoc4)ccc3S(=O)(=O)[C@@H]2C1. The van der Waals surface area contributed by atoms with Gasteiger partial charge in [-0.1, -0.05) is 30.3 Å². The maximum atomic E-state index is 13.1. The topological polar surface area (TPSA) is 67.6 Å². The lowest BCUT2D eigenvalue weighted by Gasteiger charge is -2.18. The first-order valence-electron chi connectivity index (χ1n) is 9.68. The molecule has 3 aromatic rings. The van der Waals surface area contributed by atoms with E-state index in [4.69, 9.17) is 4.42 Å². The summed E-state index contributed by atoms with van der Waals surface area (Å²) in [5, 5.41) is -0.557. The minimum absolute atomic E-state index is 0.0172. The van der Waals surface area contributed by atoms with Gasteiger partial charge in [0, 0.05) is 24.6 Å². The predicted octanol–water partition coefficient (Wildman–Crippen LogP) is 3.58. The zero-order valence-corrected chi connectivity index (χ0v) is 16.9. The van der Waals surface area contributed by atoms with Crippen molar-refractivity contribution in [3.63, 3.8) is 0 Å². The molecule has 29 heavy (non-hydrogen) atoms. The molecule has 3 heterocycles. The average molecular weight is 407 g/mol. The van der Waals surface area contributed by atoms with E-state index in [1.807, 2.05) is 49.4 Å². The summed E-state index contributed by atoms with van der Waals surface area (Å²) in [5.74, 6) is -0.195. The Kier molecular flexibility index (Phi) is 4.13. The van der Waals surface area contributed by atoms with Crippen LogP contribution in [0.2, 0.25) is 0 Å². The van der Waals surface area contributed by atoms with Gasteiger partial charge in [-0.3, -0.25) is 4.79 Å². The van der Waals surface area contributed by atoms with Crippen molar-refractivity contribution in [1.29, 1.82) is 0 Å². The second-order valence-electron chi connectivity index (χ2n) is 7.86. The lowest BCUT2D eigenvalue weighted by Crippen LogP contribution is -2.33. The summed E-state index contributed by atoms with van der Waals surface area (Å²) in [6.45, 7) is 2.68. The summed E-state index contributed by atoms with van der Waals surface area (Å²) in [6, 6.07) is 15.1. The van der Waals surface area contributed by atoms with Crippen LogP contribution in [0.1, 0.15) is 22.6 Å². The number of carbonyl (C=O) groups is 1. The highest BCUT2D eigenvalue weighted by Gasteiger charge is 2.51. The van der Waals surface area contributed by atoms with Crippen molar-refractivity contribution < 1.29 is 17.6 Å². The van der Waals surface area contributed by atoms with Crippen LogP contribution in [0.25, 0.3) is 11.1 Å². The molecule has 1 fully saturated rings. The van der Waals surface area contributed by atoms with Crippen molar-refractivity contribution >= 4 is 15.7 Å². The fourth-order valence-electron chi connectivity index (χ4n) is 4.54. The number of nitrogens with zero attached hydrogens (tertiary/aromatic N) is 1. The molecule has 1 aromatic heterocycles. The van der Waals surface area contributed by atoms with Gasteiger partial charge in [-0.2, -0.15) is 0 Å². The fourth-order valence-corrected chi connectivity index (χ4v) is 6.71. The number of benzene rings is 2. The van der Waals surface area contributed by atoms with Gasteiger partial charge in [0.1, 0.15) is 0 Å². The Morgan fingerprint density at radius 3 is 2.69 bits per heavy atom. The van der Waals surface area contributed by atoms with Gasteiger partial charge in [0.2, 0.25) is 5.91 Å². The van der Waals surface area contributed by atoms with Gasteiger partial charge in [-0.25, -0.2) is 8.42 Å². The van der Waals surface area contributed by atoms with E-state index in [9.17, 15) is 13.2 Å². The number of amides is 1. The van der Waals surface area contributed by atoms with Crippen molar-refractivity contribution in [2.75, 3.05) is 13.1 Å². The predicted molar refractivity (Wildman–Crippen MR) is 109 cm³/mol. The zero-order valence-electron chi connectivity index (χ0n) is 16.0. The third-order valence-electron chi connectivity index (χ3n) is 6.19. The maximum Gasteiger partial charge on any atom is 0.227 e. The van der Waals surface area contributed by atoms with Crippen molar-refractivity contribution in [2.24, 2.45) is 0 Å². The summed E-state index contributed by atoms with van der Waals surface area (Å²) >= 11 is 0. The maximum absolute atomic E-state index is 13.1. The molecule has 5 nitrogen and oxygen atoms in total. The molecule has 0 aliphatic carbocycles. The number of furan rings is 1. The molecule has 0 radical (unpaired) electrons. The monoisotopic (exact) mass is 407 g/mol. The lowest BCUT2D eigenvalue weighted by molar-refractivity contribution is -0.129. The molecule has 148 valence electrons. The number of aryl methyl sites for hydroxylation is 1. The van der Waals surface area contributed by atoms with Gasteiger partial charge in [-0.05, 0) is 47.4 Å². The Hall–Kier alpha value is -2.86. The highest BCUT2D eigenvalue weighted by molar-refractivity contribution is 7.92. The molecule has 0 spiro atoms. The minimum atomic E-state index is -3.43. The van der Waals surface area contributed by atoms with Crippen LogP contribution >= 0.6 is 0 Å². The van der Waals surface area contributed by atoms with Crippen molar-refractivity contribution in [2.45, 2.75) is 29.4 Å². The van der Waals surface area contributed by atoms with Gasteiger partial charge < -0.3 is 9.32 Å². The highest BCUT2D eigenvalue weighted by atomic mass is 32.2. The number of fused-ring (bicyclic) bond motifs is 3. The molecular weight excluding hydrogens is 386 g/mol. The van der Waals surface area contributed by atoms with Gasteiger partial charge >= 0.3 is 0 Å². The summed E-state index contributed by atoms with van der Waals surface area (Å²) in [6.07, 6.45) is 3.55. The molecule has 0 unspecified atom stereocenters. The molecule has 2 atom stereocenters. The molecule has 0 N–H and O–H groups in total. The third kappa shape index (κ3) is 2.90. The molecule has 2 aliphatic rings. The van der Waals surface area contributed by atoms with E-state index >= 15 is 0 Å². The normalized spacial score (nSPS) is 21.8. The molecule has 1 saturated heterocycles. The molecule has 2 aromatic carbocycles. The van der Waals surface area contributed by atoms with Crippen molar-refractivity contribution in [1.82, 2.24) is 4.90 Å². The average Bonchev–Trinajstić information content (AvgIpc) is 3.42. The van der Waals surface area contributed by atoms with Crippen LogP contribution in [0, 0.1) is 6.92 Å². The summed E-state index contributed by atoms with van der Waals surface area (Å²) in [5.41, 5.74) is 4.72. The molecule has 1 amide bonds. The Morgan fingerprint density at radius 1 is 1.10 bits per heavy atom. The van der Waals surface area contributed by atoms with Crippen LogP contribution in [-0.2, 0) is 21.1 Å². The highest BCUT2D eigenvalue weighted by Crippen LogP contribution is 2.46.